The molecule has 0 aromatic carbocycles. The van der Waals surface area contributed by atoms with E-state index in [0.29, 0.717) is 0 Å². The first-order valence-electron chi connectivity index (χ1n) is 7.67. The van der Waals surface area contributed by atoms with Gasteiger partial charge in [-0.05, 0) is 57.7 Å². The summed E-state index contributed by atoms with van der Waals surface area (Å²) in [5, 5.41) is 3.07. The summed E-state index contributed by atoms with van der Waals surface area (Å²) in [6.07, 6.45) is 5.65. The molecule has 0 radical (unpaired) electrons. The molecular formula is C15H30N2O. The van der Waals surface area contributed by atoms with E-state index in [1.165, 1.54) is 25.9 Å². The van der Waals surface area contributed by atoms with Gasteiger partial charge in [-0.1, -0.05) is 20.8 Å². The van der Waals surface area contributed by atoms with E-state index in [4.69, 9.17) is 0 Å². The molecule has 3 heteroatoms. The number of hydrogen-bond donors (Lipinski definition) is 1. The zero-order valence-electron chi connectivity index (χ0n) is 12.4. The molecule has 0 aliphatic carbocycles. The first-order chi connectivity index (χ1) is 8.67. The monoisotopic (exact) mass is 254 g/mol. The molecule has 0 bridgehead atoms. The van der Waals surface area contributed by atoms with Crippen molar-refractivity contribution in [2.45, 2.75) is 52.9 Å². The second kappa shape index (κ2) is 8.52. The second-order valence-electron chi connectivity index (χ2n) is 5.68. The lowest BCUT2D eigenvalue weighted by atomic mass is 9.99. The van der Waals surface area contributed by atoms with Crippen LogP contribution in [0.1, 0.15) is 52.9 Å². The molecule has 0 atom stereocenters. The minimum atomic E-state index is 0.209. The lowest BCUT2D eigenvalue weighted by Gasteiger charge is -2.30. The fourth-order valence-corrected chi connectivity index (χ4v) is 2.60. The predicted octanol–water partition coefficient (Wildman–Crippen LogP) is 2.66. The van der Waals surface area contributed by atoms with Gasteiger partial charge in [0.25, 0.3) is 0 Å². The quantitative estimate of drug-likeness (QED) is 0.708. The van der Waals surface area contributed by atoms with Crippen LogP contribution in [0.15, 0.2) is 0 Å². The van der Waals surface area contributed by atoms with Gasteiger partial charge in [-0.15, -0.1) is 0 Å². The number of carbonyl (C=O) groups excluding carboxylic acids is 1. The highest BCUT2D eigenvalue weighted by Crippen LogP contribution is 2.15. The van der Waals surface area contributed by atoms with E-state index in [1.807, 2.05) is 0 Å². The molecule has 18 heavy (non-hydrogen) atoms. The molecule has 1 amide bonds. The van der Waals surface area contributed by atoms with Gasteiger partial charge in [0.1, 0.15) is 0 Å². The zero-order chi connectivity index (χ0) is 13.4. The molecule has 106 valence electrons. The van der Waals surface area contributed by atoms with Crippen molar-refractivity contribution in [3.8, 4) is 0 Å². The standard InChI is InChI=1S/C15H30N2O/c1-4-14(5-2)15(18)16-9-6-10-17-11-7-13(3)8-12-17/h13-14H,4-12H2,1-3H3,(H,16,18). The molecular weight excluding hydrogens is 224 g/mol. The first-order valence-corrected chi connectivity index (χ1v) is 7.67. The highest BCUT2D eigenvalue weighted by atomic mass is 16.1. The summed E-state index contributed by atoms with van der Waals surface area (Å²) in [5.74, 6) is 1.35. The van der Waals surface area contributed by atoms with Crippen molar-refractivity contribution in [1.82, 2.24) is 10.2 Å². The van der Waals surface area contributed by atoms with E-state index in [-0.39, 0.29) is 11.8 Å². The molecule has 1 aliphatic heterocycles. The Morgan fingerprint density at radius 1 is 1.28 bits per heavy atom. The van der Waals surface area contributed by atoms with E-state index in [0.717, 1.165) is 38.3 Å². The highest BCUT2D eigenvalue weighted by molar-refractivity contribution is 5.78. The van der Waals surface area contributed by atoms with E-state index >= 15 is 0 Å². The van der Waals surface area contributed by atoms with Gasteiger partial charge in [-0.3, -0.25) is 4.79 Å². The summed E-state index contributed by atoms with van der Waals surface area (Å²) in [5.41, 5.74) is 0. The molecule has 1 N–H and O–H groups in total. The predicted molar refractivity (Wildman–Crippen MR) is 76.5 cm³/mol. The Kier molecular flexibility index (Phi) is 7.33. The van der Waals surface area contributed by atoms with Crippen LogP contribution in [-0.2, 0) is 4.79 Å². The van der Waals surface area contributed by atoms with Gasteiger partial charge < -0.3 is 10.2 Å². The van der Waals surface area contributed by atoms with Crippen molar-refractivity contribution in [3.05, 3.63) is 0 Å². The number of carbonyl (C=O) groups is 1. The number of nitrogens with one attached hydrogen (secondary N) is 1. The lowest BCUT2D eigenvalue weighted by molar-refractivity contribution is -0.125. The summed E-state index contributed by atoms with van der Waals surface area (Å²) in [4.78, 5) is 14.3. The maximum Gasteiger partial charge on any atom is 0.223 e. The van der Waals surface area contributed by atoms with Gasteiger partial charge >= 0.3 is 0 Å². The van der Waals surface area contributed by atoms with Crippen molar-refractivity contribution in [2.75, 3.05) is 26.2 Å². The van der Waals surface area contributed by atoms with Gasteiger partial charge in [-0.2, -0.15) is 0 Å². The molecule has 0 aromatic rings. The third-order valence-corrected chi connectivity index (χ3v) is 4.18. The molecule has 1 saturated heterocycles. The Balaban J connectivity index is 2.06. The van der Waals surface area contributed by atoms with Crippen LogP contribution in [-0.4, -0.2) is 37.0 Å². The van der Waals surface area contributed by atoms with Crippen LogP contribution in [0.2, 0.25) is 0 Å². The third-order valence-electron chi connectivity index (χ3n) is 4.18. The van der Waals surface area contributed by atoms with E-state index in [9.17, 15) is 4.79 Å². The molecule has 1 heterocycles. The number of hydrogen-bond acceptors (Lipinski definition) is 2. The minimum absolute atomic E-state index is 0.209. The van der Waals surface area contributed by atoms with Gasteiger partial charge in [0.2, 0.25) is 5.91 Å². The first kappa shape index (κ1) is 15.5. The molecule has 1 fully saturated rings. The third kappa shape index (κ3) is 5.38. The average molecular weight is 254 g/mol. The molecule has 1 aliphatic rings. The minimum Gasteiger partial charge on any atom is -0.356 e. The van der Waals surface area contributed by atoms with Crippen LogP contribution in [0.25, 0.3) is 0 Å². The molecule has 0 spiro atoms. The van der Waals surface area contributed by atoms with Gasteiger partial charge in [0.15, 0.2) is 0 Å². The van der Waals surface area contributed by atoms with Crippen molar-refractivity contribution in [1.29, 1.82) is 0 Å². The normalized spacial score (nSPS) is 18.2. The van der Waals surface area contributed by atoms with Gasteiger partial charge in [0.05, 0.1) is 0 Å². The maximum atomic E-state index is 11.8. The van der Waals surface area contributed by atoms with Crippen molar-refractivity contribution in [3.63, 3.8) is 0 Å². The Morgan fingerprint density at radius 3 is 2.44 bits per heavy atom. The fraction of sp³-hybridized carbons (Fsp3) is 0.933. The van der Waals surface area contributed by atoms with Crippen LogP contribution < -0.4 is 5.32 Å². The van der Waals surface area contributed by atoms with Crippen LogP contribution in [0.5, 0.6) is 0 Å². The SMILES string of the molecule is CCC(CC)C(=O)NCCCN1CCC(C)CC1. The van der Waals surface area contributed by atoms with Gasteiger partial charge in [0, 0.05) is 12.5 Å². The van der Waals surface area contributed by atoms with Crippen molar-refractivity contribution in [2.24, 2.45) is 11.8 Å². The Morgan fingerprint density at radius 2 is 1.89 bits per heavy atom. The number of rotatable bonds is 7. The smallest absolute Gasteiger partial charge is 0.223 e. The van der Waals surface area contributed by atoms with Crippen molar-refractivity contribution < 1.29 is 4.79 Å². The lowest BCUT2D eigenvalue weighted by Crippen LogP contribution is -2.36. The second-order valence-corrected chi connectivity index (χ2v) is 5.68. The Bertz CT molecular complexity index is 231. The number of nitrogens with zero attached hydrogens (tertiary/aromatic N) is 1. The highest BCUT2D eigenvalue weighted by Gasteiger charge is 2.16. The van der Waals surface area contributed by atoms with E-state index in [2.05, 4.69) is 31.0 Å². The summed E-state index contributed by atoms with van der Waals surface area (Å²) in [6, 6.07) is 0. The number of likely N-dealkylation sites (tertiary alicyclic amines) is 1. The summed E-state index contributed by atoms with van der Waals surface area (Å²) in [6.45, 7) is 11.0. The largest absolute Gasteiger partial charge is 0.356 e. The zero-order valence-corrected chi connectivity index (χ0v) is 12.4. The number of amides is 1. The molecule has 0 saturated carbocycles. The Hall–Kier alpha value is -0.570. The molecule has 3 nitrogen and oxygen atoms in total. The van der Waals surface area contributed by atoms with Crippen LogP contribution in [0.4, 0.5) is 0 Å². The summed E-state index contributed by atoms with van der Waals surface area (Å²) < 4.78 is 0. The van der Waals surface area contributed by atoms with Crippen LogP contribution in [0.3, 0.4) is 0 Å². The Labute approximate surface area is 112 Å². The molecule has 0 unspecified atom stereocenters. The van der Waals surface area contributed by atoms with Gasteiger partial charge in [-0.25, -0.2) is 0 Å². The van der Waals surface area contributed by atoms with E-state index in [1.54, 1.807) is 0 Å². The fourth-order valence-electron chi connectivity index (χ4n) is 2.60. The van der Waals surface area contributed by atoms with Crippen molar-refractivity contribution >= 4 is 5.91 Å². The number of piperidine rings is 1. The molecule has 0 aromatic heterocycles. The topological polar surface area (TPSA) is 32.3 Å². The average Bonchev–Trinajstić information content (AvgIpc) is 2.38. The molecule has 1 rings (SSSR count). The summed E-state index contributed by atoms with van der Waals surface area (Å²) >= 11 is 0. The van der Waals surface area contributed by atoms with Crippen LogP contribution >= 0.6 is 0 Å². The summed E-state index contributed by atoms with van der Waals surface area (Å²) in [7, 11) is 0. The maximum absolute atomic E-state index is 11.8. The van der Waals surface area contributed by atoms with Crippen LogP contribution in [0, 0.1) is 11.8 Å². The van der Waals surface area contributed by atoms with E-state index < -0.39 is 0 Å².